The second-order valence-electron chi connectivity index (χ2n) is 3.63. The van der Waals surface area contributed by atoms with Gasteiger partial charge in [-0.3, -0.25) is 9.78 Å². The van der Waals surface area contributed by atoms with E-state index in [9.17, 15) is 4.79 Å². The lowest BCUT2D eigenvalue weighted by atomic mass is 10.0. The first kappa shape index (κ1) is 9.34. The number of nitrogens with one attached hydrogen (secondary N) is 1. The molecule has 3 heteroatoms. The first-order chi connectivity index (χ1) is 6.83. The molecule has 1 aromatic rings. The van der Waals surface area contributed by atoms with E-state index in [-0.39, 0.29) is 5.78 Å². The number of hydrogen-bond acceptors (Lipinski definition) is 3. The van der Waals surface area contributed by atoms with Crippen LogP contribution in [0.3, 0.4) is 0 Å². The van der Waals surface area contributed by atoms with E-state index in [0.29, 0.717) is 6.54 Å². The van der Waals surface area contributed by atoms with Crippen molar-refractivity contribution in [1.29, 1.82) is 0 Å². The third kappa shape index (κ3) is 1.55. The quantitative estimate of drug-likeness (QED) is 0.722. The van der Waals surface area contributed by atoms with E-state index >= 15 is 0 Å². The number of carbonyl (C=O) groups excluding carboxylic acids is 1. The number of hydrogen-bond donors (Lipinski definition) is 1. The van der Waals surface area contributed by atoms with Gasteiger partial charge in [-0.05, 0) is 37.4 Å². The van der Waals surface area contributed by atoms with Crippen molar-refractivity contribution in [2.45, 2.75) is 19.3 Å². The van der Waals surface area contributed by atoms with Gasteiger partial charge in [-0.25, -0.2) is 0 Å². The normalized spacial score (nSPS) is 14.1. The van der Waals surface area contributed by atoms with Crippen molar-refractivity contribution in [3.8, 4) is 0 Å². The fraction of sp³-hybridized carbons (Fsp3) is 0.455. The molecule has 0 atom stereocenters. The van der Waals surface area contributed by atoms with Crippen molar-refractivity contribution in [1.82, 2.24) is 10.3 Å². The summed E-state index contributed by atoms with van der Waals surface area (Å²) in [4.78, 5) is 15.8. The first-order valence-corrected chi connectivity index (χ1v) is 4.96. The number of aryl methyl sites for hydroxylation is 1. The zero-order valence-electron chi connectivity index (χ0n) is 8.34. The Labute approximate surface area is 83.5 Å². The number of likely N-dealkylation sites (N-methyl/N-ethyl adjacent to an activating group) is 1. The molecule has 3 nitrogen and oxygen atoms in total. The molecule has 1 aliphatic rings. The molecule has 0 aromatic carbocycles. The smallest absolute Gasteiger partial charge is 0.178 e. The van der Waals surface area contributed by atoms with Crippen LogP contribution < -0.4 is 5.32 Å². The Morgan fingerprint density at radius 1 is 1.50 bits per heavy atom. The van der Waals surface area contributed by atoms with Gasteiger partial charge in [-0.2, -0.15) is 0 Å². The summed E-state index contributed by atoms with van der Waals surface area (Å²) in [6, 6.07) is 0. The molecule has 0 radical (unpaired) electrons. The van der Waals surface area contributed by atoms with E-state index in [1.54, 1.807) is 13.2 Å². The molecule has 0 saturated heterocycles. The summed E-state index contributed by atoms with van der Waals surface area (Å²) in [5, 5.41) is 2.88. The molecule has 2 rings (SSSR count). The highest BCUT2D eigenvalue weighted by Crippen LogP contribution is 2.24. The van der Waals surface area contributed by atoms with Crippen molar-refractivity contribution in [2.75, 3.05) is 13.6 Å². The number of aromatic nitrogens is 1. The highest BCUT2D eigenvalue weighted by atomic mass is 16.1. The standard InChI is InChI=1S/C11H14N2O/c1-12-7-11(14)10-6-13-5-8-3-2-4-9(8)10/h5-6,12H,2-4,7H2,1H3. The molecule has 0 saturated carbocycles. The molecule has 1 N–H and O–H groups in total. The van der Waals surface area contributed by atoms with Crippen molar-refractivity contribution >= 4 is 5.78 Å². The minimum atomic E-state index is 0.152. The van der Waals surface area contributed by atoms with Crippen LogP contribution in [-0.2, 0) is 12.8 Å². The lowest BCUT2D eigenvalue weighted by molar-refractivity contribution is 0.0992. The summed E-state index contributed by atoms with van der Waals surface area (Å²) < 4.78 is 0. The van der Waals surface area contributed by atoms with Gasteiger partial charge in [0, 0.05) is 18.0 Å². The van der Waals surface area contributed by atoms with E-state index in [2.05, 4.69) is 10.3 Å². The Bertz CT molecular complexity index is 360. The van der Waals surface area contributed by atoms with Crippen molar-refractivity contribution in [2.24, 2.45) is 0 Å². The Kier molecular flexibility index (Phi) is 2.59. The summed E-state index contributed by atoms with van der Waals surface area (Å²) in [5.41, 5.74) is 3.29. The number of rotatable bonds is 3. The predicted molar refractivity (Wildman–Crippen MR) is 54.5 cm³/mol. The number of nitrogens with zero attached hydrogens (tertiary/aromatic N) is 1. The SMILES string of the molecule is CNCC(=O)c1cncc2c1CCC2. The van der Waals surface area contributed by atoms with Crippen LogP contribution in [0, 0.1) is 0 Å². The number of Topliss-reactive ketones (excluding diaryl/α,β-unsaturated/α-hetero) is 1. The molecular weight excluding hydrogens is 176 g/mol. The van der Waals surface area contributed by atoms with Gasteiger partial charge >= 0.3 is 0 Å². The maximum Gasteiger partial charge on any atom is 0.178 e. The molecule has 74 valence electrons. The molecule has 0 fully saturated rings. The lowest BCUT2D eigenvalue weighted by Crippen LogP contribution is -2.20. The fourth-order valence-corrected chi connectivity index (χ4v) is 1.99. The van der Waals surface area contributed by atoms with Crippen LogP contribution in [0.15, 0.2) is 12.4 Å². The first-order valence-electron chi connectivity index (χ1n) is 4.96. The monoisotopic (exact) mass is 190 g/mol. The number of fused-ring (bicyclic) bond motifs is 1. The van der Waals surface area contributed by atoms with Crippen LogP contribution in [0.4, 0.5) is 0 Å². The van der Waals surface area contributed by atoms with Crippen LogP contribution >= 0.6 is 0 Å². The van der Waals surface area contributed by atoms with Crippen molar-refractivity contribution in [3.63, 3.8) is 0 Å². The fourth-order valence-electron chi connectivity index (χ4n) is 1.99. The molecule has 1 aromatic heterocycles. The topological polar surface area (TPSA) is 42.0 Å². The Hall–Kier alpha value is -1.22. The van der Waals surface area contributed by atoms with Gasteiger partial charge in [-0.1, -0.05) is 0 Å². The Balaban J connectivity index is 2.34. The van der Waals surface area contributed by atoms with E-state index in [1.165, 1.54) is 11.1 Å². The van der Waals surface area contributed by atoms with E-state index in [4.69, 9.17) is 0 Å². The number of ketones is 1. The summed E-state index contributed by atoms with van der Waals surface area (Å²) in [6.07, 6.45) is 6.84. The van der Waals surface area contributed by atoms with Gasteiger partial charge in [-0.15, -0.1) is 0 Å². The van der Waals surface area contributed by atoms with Gasteiger partial charge in [0.15, 0.2) is 5.78 Å². The number of carbonyl (C=O) groups is 1. The minimum absolute atomic E-state index is 0.152. The van der Waals surface area contributed by atoms with Crippen LogP contribution in [0.2, 0.25) is 0 Å². The molecule has 0 bridgehead atoms. The van der Waals surface area contributed by atoms with Crippen LogP contribution in [0.5, 0.6) is 0 Å². The van der Waals surface area contributed by atoms with Crippen LogP contribution in [-0.4, -0.2) is 24.4 Å². The molecule has 14 heavy (non-hydrogen) atoms. The Morgan fingerprint density at radius 3 is 3.14 bits per heavy atom. The molecular formula is C11H14N2O. The van der Waals surface area contributed by atoms with Crippen molar-refractivity contribution in [3.05, 3.63) is 29.1 Å². The third-order valence-corrected chi connectivity index (χ3v) is 2.66. The molecule has 0 aliphatic heterocycles. The zero-order chi connectivity index (χ0) is 9.97. The van der Waals surface area contributed by atoms with Gasteiger partial charge in [0.05, 0.1) is 6.54 Å². The van der Waals surface area contributed by atoms with Crippen LogP contribution in [0.1, 0.15) is 27.9 Å². The number of pyridine rings is 1. The maximum atomic E-state index is 11.7. The third-order valence-electron chi connectivity index (χ3n) is 2.66. The zero-order valence-corrected chi connectivity index (χ0v) is 8.34. The molecule has 0 amide bonds. The van der Waals surface area contributed by atoms with Crippen molar-refractivity contribution < 1.29 is 4.79 Å². The van der Waals surface area contributed by atoms with E-state index in [0.717, 1.165) is 24.8 Å². The molecule has 1 aliphatic carbocycles. The molecule has 0 spiro atoms. The molecule has 0 unspecified atom stereocenters. The summed E-state index contributed by atoms with van der Waals surface area (Å²) >= 11 is 0. The average molecular weight is 190 g/mol. The van der Waals surface area contributed by atoms with Gasteiger partial charge in [0.1, 0.15) is 0 Å². The maximum absolute atomic E-state index is 11.7. The highest BCUT2D eigenvalue weighted by Gasteiger charge is 2.18. The van der Waals surface area contributed by atoms with E-state index < -0.39 is 0 Å². The van der Waals surface area contributed by atoms with E-state index in [1.807, 2.05) is 6.20 Å². The van der Waals surface area contributed by atoms with Crippen LogP contribution in [0.25, 0.3) is 0 Å². The molecule has 1 heterocycles. The second-order valence-corrected chi connectivity index (χ2v) is 3.63. The highest BCUT2D eigenvalue weighted by molar-refractivity contribution is 5.99. The van der Waals surface area contributed by atoms with Gasteiger partial charge in [0.2, 0.25) is 0 Å². The Morgan fingerprint density at radius 2 is 2.36 bits per heavy atom. The van der Waals surface area contributed by atoms with Gasteiger partial charge < -0.3 is 5.32 Å². The minimum Gasteiger partial charge on any atom is -0.313 e. The largest absolute Gasteiger partial charge is 0.313 e. The average Bonchev–Trinajstić information content (AvgIpc) is 2.65. The van der Waals surface area contributed by atoms with Gasteiger partial charge in [0.25, 0.3) is 0 Å². The summed E-state index contributed by atoms with van der Waals surface area (Å²) in [6.45, 7) is 0.401. The summed E-state index contributed by atoms with van der Waals surface area (Å²) in [7, 11) is 1.79. The lowest BCUT2D eigenvalue weighted by Gasteiger charge is -2.05. The predicted octanol–water partition coefficient (Wildman–Crippen LogP) is 0.972. The summed E-state index contributed by atoms with van der Waals surface area (Å²) in [5.74, 6) is 0.152. The second kappa shape index (κ2) is 3.88.